The Labute approximate surface area is 123 Å². The summed E-state index contributed by atoms with van der Waals surface area (Å²) in [5.41, 5.74) is 2.47. The van der Waals surface area contributed by atoms with Crippen molar-refractivity contribution in [1.82, 2.24) is 14.7 Å². The standard InChI is InChI=1S/C14H20N4OS/c1-17(11-20-2)7-5-14-12(10-19)9-18(16-14)13-4-3-6-15-8-13/h4,8-10H,3,5-7,11H2,1-2H3. The fourth-order valence-electron chi connectivity index (χ4n) is 2.08. The summed E-state index contributed by atoms with van der Waals surface area (Å²) in [5, 5.41) is 4.53. The number of aromatic nitrogens is 2. The number of carbonyl (C=O) groups is 1. The van der Waals surface area contributed by atoms with E-state index in [9.17, 15) is 4.79 Å². The monoisotopic (exact) mass is 292 g/mol. The van der Waals surface area contributed by atoms with Crippen molar-refractivity contribution < 1.29 is 4.79 Å². The number of allylic oxidation sites excluding steroid dienone is 1. The van der Waals surface area contributed by atoms with E-state index in [-0.39, 0.29) is 0 Å². The average Bonchev–Trinajstić information content (AvgIpc) is 2.90. The van der Waals surface area contributed by atoms with Gasteiger partial charge in [-0.1, -0.05) is 6.08 Å². The summed E-state index contributed by atoms with van der Waals surface area (Å²) in [4.78, 5) is 17.6. The lowest BCUT2D eigenvalue weighted by molar-refractivity contribution is 0.112. The summed E-state index contributed by atoms with van der Waals surface area (Å²) < 4.78 is 1.76. The molecule has 0 atom stereocenters. The van der Waals surface area contributed by atoms with E-state index in [1.165, 1.54) is 0 Å². The van der Waals surface area contributed by atoms with Crippen LogP contribution in [-0.2, 0) is 6.42 Å². The predicted octanol–water partition coefficient (Wildman–Crippen LogP) is 1.81. The third-order valence-corrected chi connectivity index (χ3v) is 3.83. The summed E-state index contributed by atoms with van der Waals surface area (Å²) in [6, 6.07) is 0. The largest absolute Gasteiger partial charge is 0.298 e. The summed E-state index contributed by atoms with van der Waals surface area (Å²) in [6.45, 7) is 1.73. The molecule has 6 heteroatoms. The second kappa shape index (κ2) is 7.40. The SMILES string of the molecule is CSCN(C)CCc1nn(C2=CCCN=C2)cc1C=O. The Kier molecular flexibility index (Phi) is 5.55. The highest BCUT2D eigenvalue weighted by Gasteiger charge is 2.11. The van der Waals surface area contributed by atoms with Crippen LogP contribution in [-0.4, -0.2) is 59.5 Å². The van der Waals surface area contributed by atoms with Crippen LogP contribution in [0.4, 0.5) is 0 Å². The second-order valence-corrected chi connectivity index (χ2v) is 5.63. The van der Waals surface area contributed by atoms with Gasteiger partial charge in [0.15, 0.2) is 6.29 Å². The Morgan fingerprint density at radius 1 is 1.55 bits per heavy atom. The molecule has 0 bridgehead atoms. The molecule has 2 heterocycles. The van der Waals surface area contributed by atoms with Crippen molar-refractivity contribution in [2.75, 3.05) is 32.3 Å². The van der Waals surface area contributed by atoms with Gasteiger partial charge >= 0.3 is 0 Å². The lowest BCUT2D eigenvalue weighted by atomic mass is 10.2. The number of dihydropyridines is 1. The molecule has 1 aliphatic rings. The third-order valence-electron chi connectivity index (χ3n) is 3.13. The van der Waals surface area contributed by atoms with E-state index in [4.69, 9.17) is 0 Å². The molecule has 1 aliphatic heterocycles. The Morgan fingerprint density at radius 2 is 2.40 bits per heavy atom. The van der Waals surface area contributed by atoms with Crippen LogP contribution in [0, 0.1) is 0 Å². The molecule has 0 amide bonds. The van der Waals surface area contributed by atoms with Gasteiger partial charge in [0, 0.05) is 37.8 Å². The van der Waals surface area contributed by atoms with E-state index >= 15 is 0 Å². The van der Waals surface area contributed by atoms with Crippen LogP contribution in [0.25, 0.3) is 5.70 Å². The molecule has 0 N–H and O–H groups in total. The molecule has 0 fully saturated rings. The maximum atomic E-state index is 11.2. The first kappa shape index (κ1) is 15.0. The van der Waals surface area contributed by atoms with Gasteiger partial charge in [-0.05, 0) is 19.7 Å². The van der Waals surface area contributed by atoms with E-state index in [2.05, 4.69) is 34.4 Å². The Bertz CT molecular complexity index is 521. The van der Waals surface area contributed by atoms with Gasteiger partial charge in [0.1, 0.15) is 0 Å². The molecule has 0 saturated heterocycles. The van der Waals surface area contributed by atoms with E-state index in [1.54, 1.807) is 22.6 Å². The molecule has 0 radical (unpaired) electrons. The van der Waals surface area contributed by atoms with Crippen molar-refractivity contribution in [3.8, 4) is 0 Å². The first-order valence-electron chi connectivity index (χ1n) is 6.66. The third kappa shape index (κ3) is 3.80. The van der Waals surface area contributed by atoms with Gasteiger partial charge in [0.05, 0.1) is 17.0 Å². The van der Waals surface area contributed by atoms with Gasteiger partial charge in [-0.25, -0.2) is 4.68 Å². The number of carbonyl (C=O) groups excluding carboxylic acids is 1. The molecular formula is C14H20N4OS. The second-order valence-electron chi connectivity index (χ2n) is 4.79. The predicted molar refractivity (Wildman–Crippen MR) is 84.6 cm³/mol. The maximum absolute atomic E-state index is 11.2. The number of rotatable bonds is 7. The zero-order valence-corrected chi connectivity index (χ0v) is 12.8. The smallest absolute Gasteiger partial charge is 0.153 e. The Hall–Kier alpha value is -1.40. The zero-order valence-electron chi connectivity index (χ0n) is 12.0. The summed E-state index contributed by atoms with van der Waals surface area (Å²) >= 11 is 1.79. The summed E-state index contributed by atoms with van der Waals surface area (Å²) in [7, 11) is 2.07. The highest BCUT2D eigenvalue weighted by molar-refractivity contribution is 7.98. The van der Waals surface area contributed by atoms with E-state index in [1.807, 2.05) is 6.21 Å². The zero-order chi connectivity index (χ0) is 14.4. The van der Waals surface area contributed by atoms with Gasteiger partial charge in [-0.3, -0.25) is 14.7 Å². The number of thioether (sulfide) groups is 1. The summed E-state index contributed by atoms with van der Waals surface area (Å²) in [6.07, 6.45) is 10.4. The first-order valence-corrected chi connectivity index (χ1v) is 8.05. The highest BCUT2D eigenvalue weighted by atomic mass is 32.2. The van der Waals surface area contributed by atoms with Crippen LogP contribution in [0.3, 0.4) is 0 Å². The van der Waals surface area contributed by atoms with Crippen molar-refractivity contribution in [3.63, 3.8) is 0 Å². The molecule has 0 saturated carbocycles. The minimum absolute atomic E-state index is 0.669. The van der Waals surface area contributed by atoms with Crippen molar-refractivity contribution in [3.05, 3.63) is 23.5 Å². The Morgan fingerprint density at radius 3 is 3.05 bits per heavy atom. The number of hydrogen-bond donors (Lipinski definition) is 0. The van der Waals surface area contributed by atoms with Gasteiger partial charge < -0.3 is 0 Å². The van der Waals surface area contributed by atoms with E-state index in [0.717, 1.165) is 49.5 Å². The molecule has 0 unspecified atom stereocenters. The molecule has 20 heavy (non-hydrogen) atoms. The van der Waals surface area contributed by atoms with Crippen LogP contribution in [0.2, 0.25) is 0 Å². The van der Waals surface area contributed by atoms with Gasteiger partial charge in [-0.2, -0.15) is 5.10 Å². The first-order chi connectivity index (χ1) is 9.74. The maximum Gasteiger partial charge on any atom is 0.153 e. The molecule has 108 valence electrons. The van der Waals surface area contributed by atoms with Gasteiger partial charge in [-0.15, -0.1) is 11.8 Å². The molecule has 5 nitrogen and oxygen atoms in total. The minimum Gasteiger partial charge on any atom is -0.298 e. The van der Waals surface area contributed by atoms with Crippen LogP contribution >= 0.6 is 11.8 Å². The molecule has 0 aliphatic carbocycles. The molecule has 0 spiro atoms. The fraction of sp³-hybridized carbons (Fsp3) is 0.500. The van der Waals surface area contributed by atoms with E-state index < -0.39 is 0 Å². The molecule has 0 aromatic carbocycles. The van der Waals surface area contributed by atoms with Crippen molar-refractivity contribution in [2.24, 2.45) is 4.99 Å². The van der Waals surface area contributed by atoms with Crippen LogP contribution in [0.15, 0.2) is 17.3 Å². The molecule has 2 rings (SSSR count). The van der Waals surface area contributed by atoms with Crippen molar-refractivity contribution >= 4 is 30.0 Å². The number of likely N-dealkylation sites (N-methyl/N-ethyl adjacent to an activating group) is 1. The quantitative estimate of drug-likeness (QED) is 0.568. The molecular weight excluding hydrogens is 272 g/mol. The average molecular weight is 292 g/mol. The van der Waals surface area contributed by atoms with Crippen molar-refractivity contribution in [1.29, 1.82) is 0 Å². The minimum atomic E-state index is 0.669. The van der Waals surface area contributed by atoms with Crippen LogP contribution in [0.1, 0.15) is 22.5 Å². The topological polar surface area (TPSA) is 50.5 Å². The Balaban J connectivity index is 2.08. The number of hydrogen-bond acceptors (Lipinski definition) is 5. The number of aliphatic imine (C=N–C) groups is 1. The normalized spacial score (nSPS) is 14.7. The van der Waals surface area contributed by atoms with Crippen LogP contribution in [0.5, 0.6) is 0 Å². The van der Waals surface area contributed by atoms with Crippen molar-refractivity contribution in [2.45, 2.75) is 12.8 Å². The lowest BCUT2D eigenvalue weighted by Crippen LogP contribution is -2.21. The van der Waals surface area contributed by atoms with Gasteiger partial charge in [0.25, 0.3) is 0 Å². The van der Waals surface area contributed by atoms with E-state index in [0.29, 0.717) is 5.56 Å². The van der Waals surface area contributed by atoms with Crippen LogP contribution < -0.4 is 0 Å². The fourth-order valence-corrected chi connectivity index (χ4v) is 2.65. The lowest BCUT2D eigenvalue weighted by Gasteiger charge is -2.13. The number of aldehydes is 1. The highest BCUT2D eigenvalue weighted by Crippen LogP contribution is 2.12. The molecule has 1 aromatic heterocycles. The number of nitrogens with zero attached hydrogens (tertiary/aromatic N) is 4. The molecule has 1 aromatic rings. The van der Waals surface area contributed by atoms with Gasteiger partial charge in [0.2, 0.25) is 0 Å². The summed E-state index contributed by atoms with van der Waals surface area (Å²) in [5.74, 6) is 0.981.